The van der Waals surface area contributed by atoms with Crippen LogP contribution in [0.15, 0.2) is 53.0 Å². The number of fused-ring (bicyclic) bond motifs is 1. The molecule has 3 fully saturated rings. The normalized spacial score (nSPS) is 21.7. The first-order valence-electron chi connectivity index (χ1n) is 12.7. The maximum Gasteiger partial charge on any atom is 0.256 e. The zero-order valence-corrected chi connectivity index (χ0v) is 20.5. The van der Waals surface area contributed by atoms with Crippen LogP contribution in [-0.2, 0) is 9.59 Å². The summed E-state index contributed by atoms with van der Waals surface area (Å²) < 4.78 is 1.19. The maximum absolute atomic E-state index is 13.3. The van der Waals surface area contributed by atoms with Crippen molar-refractivity contribution in [3.05, 3.63) is 53.5 Å². The number of hydrogen-bond donors (Lipinski definition) is 0. The molecule has 2 aliphatic heterocycles. The number of benzene rings is 2. The van der Waals surface area contributed by atoms with Crippen LogP contribution in [-0.4, -0.2) is 57.6 Å². The van der Waals surface area contributed by atoms with Crippen molar-refractivity contribution in [3.8, 4) is 11.1 Å². The Hall–Kier alpha value is -3.06. The standard InChI is InChI=1S/C28H28N4O2S/c33-26(21-5-6-21)31-13-9-18(10-14-31)16-32-25(30-28(11-12-28)27(32)34)20-3-1-19(2-4-20)22-7-8-24-23(15-22)29-17-35-24/h1-4,7-8,15,17-18,21H,5-6,9-14,16H2. The van der Waals surface area contributed by atoms with Gasteiger partial charge in [0.1, 0.15) is 11.4 Å². The van der Waals surface area contributed by atoms with Crippen molar-refractivity contribution in [1.29, 1.82) is 0 Å². The van der Waals surface area contributed by atoms with Crippen LogP contribution >= 0.6 is 11.3 Å². The third-order valence-electron chi connectivity index (χ3n) is 8.04. The fourth-order valence-electron chi connectivity index (χ4n) is 5.52. The van der Waals surface area contributed by atoms with Crippen molar-refractivity contribution in [1.82, 2.24) is 14.8 Å². The molecule has 0 N–H and O–H groups in total. The summed E-state index contributed by atoms with van der Waals surface area (Å²) in [6.45, 7) is 2.34. The van der Waals surface area contributed by atoms with Gasteiger partial charge in [-0.05, 0) is 67.7 Å². The summed E-state index contributed by atoms with van der Waals surface area (Å²) in [5.74, 6) is 2.03. The van der Waals surface area contributed by atoms with Crippen molar-refractivity contribution >= 4 is 39.2 Å². The summed E-state index contributed by atoms with van der Waals surface area (Å²) in [6.07, 6.45) is 5.74. The number of likely N-dealkylation sites (tertiary alicyclic amines) is 1. The van der Waals surface area contributed by atoms with Gasteiger partial charge in [0.25, 0.3) is 5.91 Å². The Kier molecular flexibility index (Phi) is 4.85. The minimum Gasteiger partial charge on any atom is -0.342 e. The summed E-state index contributed by atoms with van der Waals surface area (Å²) in [6, 6.07) is 14.8. The smallest absolute Gasteiger partial charge is 0.256 e. The molecule has 2 aliphatic carbocycles. The van der Waals surface area contributed by atoms with E-state index in [4.69, 9.17) is 4.99 Å². The Balaban J connectivity index is 1.09. The largest absolute Gasteiger partial charge is 0.342 e. The lowest BCUT2D eigenvalue weighted by molar-refractivity contribution is -0.134. The van der Waals surface area contributed by atoms with Gasteiger partial charge in [-0.15, -0.1) is 11.3 Å². The van der Waals surface area contributed by atoms with Crippen LogP contribution in [0.1, 0.15) is 44.1 Å². The quantitative estimate of drug-likeness (QED) is 0.526. The molecule has 2 saturated carbocycles. The number of amidine groups is 1. The number of rotatable bonds is 5. The van der Waals surface area contributed by atoms with Gasteiger partial charge < -0.3 is 4.90 Å². The van der Waals surface area contributed by atoms with Crippen molar-refractivity contribution in [2.45, 2.75) is 44.1 Å². The first-order valence-corrected chi connectivity index (χ1v) is 13.6. The van der Waals surface area contributed by atoms with E-state index < -0.39 is 5.54 Å². The number of carbonyl (C=O) groups excluding carboxylic acids is 2. The van der Waals surface area contributed by atoms with Gasteiger partial charge in [0.2, 0.25) is 5.91 Å². The summed E-state index contributed by atoms with van der Waals surface area (Å²) in [5, 5.41) is 0. The zero-order valence-electron chi connectivity index (χ0n) is 19.7. The van der Waals surface area contributed by atoms with E-state index in [0.717, 1.165) is 79.7 Å². The molecular formula is C28H28N4O2S. The fourth-order valence-corrected chi connectivity index (χ4v) is 6.18. The highest BCUT2D eigenvalue weighted by molar-refractivity contribution is 7.16. The van der Waals surface area contributed by atoms with Crippen LogP contribution in [0.2, 0.25) is 0 Å². The molecule has 0 radical (unpaired) electrons. The van der Waals surface area contributed by atoms with E-state index in [1.165, 1.54) is 4.70 Å². The Morgan fingerprint density at radius 3 is 2.40 bits per heavy atom. The first-order chi connectivity index (χ1) is 17.1. The topological polar surface area (TPSA) is 65.9 Å². The molecule has 35 heavy (non-hydrogen) atoms. The molecule has 1 spiro atoms. The number of aromatic nitrogens is 1. The molecule has 3 aromatic rings. The molecule has 0 unspecified atom stereocenters. The molecule has 178 valence electrons. The number of thiazole rings is 1. The van der Waals surface area contributed by atoms with E-state index in [9.17, 15) is 9.59 Å². The first kappa shape index (κ1) is 21.2. The Morgan fingerprint density at radius 2 is 1.69 bits per heavy atom. The minimum atomic E-state index is -0.508. The van der Waals surface area contributed by atoms with Gasteiger partial charge in [-0.3, -0.25) is 19.5 Å². The molecule has 6 nitrogen and oxygen atoms in total. The molecule has 0 atom stereocenters. The summed E-state index contributed by atoms with van der Waals surface area (Å²) >= 11 is 1.65. The van der Waals surface area contributed by atoms with Gasteiger partial charge in [-0.25, -0.2) is 4.98 Å². The van der Waals surface area contributed by atoms with Gasteiger partial charge >= 0.3 is 0 Å². The van der Waals surface area contributed by atoms with Crippen LogP contribution in [0.3, 0.4) is 0 Å². The summed E-state index contributed by atoms with van der Waals surface area (Å²) in [5.41, 5.74) is 5.67. The molecular weight excluding hydrogens is 456 g/mol. The molecule has 7 heteroatoms. The lowest BCUT2D eigenvalue weighted by Crippen LogP contribution is -2.45. The van der Waals surface area contributed by atoms with Crippen LogP contribution < -0.4 is 0 Å². The monoisotopic (exact) mass is 484 g/mol. The third kappa shape index (κ3) is 3.77. The SMILES string of the molecule is O=C(C1CC1)N1CCC(CN2C(=O)C3(CC3)N=C2c2ccc(-c3ccc4scnc4c3)cc2)CC1. The molecule has 3 heterocycles. The molecule has 2 aromatic carbocycles. The lowest BCUT2D eigenvalue weighted by atomic mass is 9.95. The highest BCUT2D eigenvalue weighted by Gasteiger charge is 2.57. The third-order valence-corrected chi connectivity index (χ3v) is 8.85. The number of amides is 2. The Morgan fingerprint density at radius 1 is 0.971 bits per heavy atom. The van der Waals surface area contributed by atoms with E-state index in [2.05, 4.69) is 47.4 Å². The van der Waals surface area contributed by atoms with Crippen molar-refractivity contribution in [2.75, 3.05) is 19.6 Å². The highest BCUT2D eigenvalue weighted by atomic mass is 32.1. The van der Waals surface area contributed by atoms with Crippen LogP contribution in [0.5, 0.6) is 0 Å². The van der Waals surface area contributed by atoms with Crippen molar-refractivity contribution < 1.29 is 9.59 Å². The average Bonchev–Trinajstić information content (AvgIpc) is 3.82. The number of nitrogens with zero attached hydrogens (tertiary/aromatic N) is 4. The molecule has 1 saturated heterocycles. The van der Waals surface area contributed by atoms with Gasteiger partial charge in [0.15, 0.2) is 0 Å². The van der Waals surface area contributed by atoms with E-state index in [1.807, 2.05) is 15.3 Å². The summed E-state index contributed by atoms with van der Waals surface area (Å²) in [7, 11) is 0. The van der Waals surface area contributed by atoms with Gasteiger partial charge in [-0.1, -0.05) is 30.3 Å². The predicted molar refractivity (Wildman–Crippen MR) is 137 cm³/mol. The van der Waals surface area contributed by atoms with Crippen molar-refractivity contribution in [3.63, 3.8) is 0 Å². The molecule has 4 aliphatic rings. The number of piperidine rings is 1. The molecule has 7 rings (SSSR count). The van der Waals surface area contributed by atoms with E-state index in [1.54, 1.807) is 11.3 Å². The maximum atomic E-state index is 13.3. The van der Waals surface area contributed by atoms with Crippen LogP contribution in [0.4, 0.5) is 0 Å². The van der Waals surface area contributed by atoms with Gasteiger partial charge in [0.05, 0.1) is 15.7 Å². The fraction of sp³-hybridized carbons (Fsp3) is 0.429. The summed E-state index contributed by atoms with van der Waals surface area (Å²) in [4.78, 5) is 39.2. The second-order valence-corrected chi connectivity index (χ2v) is 11.4. The molecule has 2 amide bonds. The highest BCUT2D eigenvalue weighted by Crippen LogP contribution is 2.46. The van der Waals surface area contributed by atoms with Crippen LogP contribution in [0, 0.1) is 11.8 Å². The second kappa shape index (κ2) is 7.98. The molecule has 1 aromatic heterocycles. The van der Waals surface area contributed by atoms with Gasteiger partial charge in [0, 0.05) is 31.1 Å². The van der Waals surface area contributed by atoms with E-state index >= 15 is 0 Å². The number of aliphatic imine (C=N–C) groups is 1. The predicted octanol–water partition coefficient (Wildman–Crippen LogP) is 4.73. The number of carbonyl (C=O) groups is 2. The number of hydrogen-bond acceptors (Lipinski definition) is 5. The minimum absolute atomic E-state index is 0.169. The van der Waals surface area contributed by atoms with E-state index in [-0.39, 0.29) is 11.8 Å². The van der Waals surface area contributed by atoms with Gasteiger partial charge in [-0.2, -0.15) is 0 Å². The second-order valence-electron chi connectivity index (χ2n) is 10.5. The van der Waals surface area contributed by atoms with Crippen LogP contribution in [0.25, 0.3) is 21.3 Å². The lowest BCUT2D eigenvalue weighted by Gasteiger charge is -2.34. The van der Waals surface area contributed by atoms with E-state index in [0.29, 0.717) is 18.4 Å². The Bertz CT molecular complexity index is 1340. The Labute approximate surface area is 208 Å². The molecule has 0 bridgehead atoms. The van der Waals surface area contributed by atoms with Crippen molar-refractivity contribution in [2.24, 2.45) is 16.8 Å². The average molecular weight is 485 g/mol. The zero-order chi connectivity index (χ0) is 23.6.